The molecule has 1 rings (SSSR count). The fraction of sp³-hybridized carbons (Fsp3) is 0.857. The van der Waals surface area contributed by atoms with Crippen LogP contribution >= 0.6 is 0 Å². The lowest BCUT2D eigenvalue weighted by molar-refractivity contribution is -0.133. The van der Waals surface area contributed by atoms with Gasteiger partial charge in [-0.25, -0.2) is 4.79 Å². The van der Waals surface area contributed by atoms with Gasteiger partial charge in [0, 0.05) is 32.5 Å². The number of hydrogen-bond donors (Lipinski definition) is 2. The maximum absolute atomic E-state index is 13.2. The number of Topliss-reactive ketones (excluding diaryl/α,β-unsaturated/α-hetero) is 1. The van der Waals surface area contributed by atoms with Crippen molar-refractivity contribution < 1.29 is 14.4 Å². The molecule has 1 aliphatic rings. The average Bonchev–Trinajstić information content (AvgIpc) is 2.65. The topological polar surface area (TPSA) is 81.8 Å². The molecule has 0 aromatic rings. The molecule has 0 radical (unpaired) electrons. The molecule has 7 nitrogen and oxygen atoms in total. The van der Waals surface area contributed by atoms with Gasteiger partial charge in [0.25, 0.3) is 0 Å². The number of rotatable bonds is 12. The summed E-state index contributed by atoms with van der Waals surface area (Å²) in [6.07, 6.45) is 6.37. The Kier molecular flexibility index (Phi) is 12.0. The van der Waals surface area contributed by atoms with Gasteiger partial charge in [-0.15, -0.1) is 0 Å². The van der Waals surface area contributed by atoms with Crippen molar-refractivity contribution >= 4 is 17.7 Å². The lowest BCUT2D eigenvalue weighted by Gasteiger charge is -2.29. The van der Waals surface area contributed by atoms with Crippen LogP contribution in [0.1, 0.15) is 58.3 Å². The Morgan fingerprint density at radius 2 is 1.96 bits per heavy atom. The molecule has 3 amide bonds. The van der Waals surface area contributed by atoms with E-state index in [2.05, 4.69) is 22.5 Å². The van der Waals surface area contributed by atoms with Crippen LogP contribution in [0.5, 0.6) is 0 Å². The van der Waals surface area contributed by atoms with Crippen LogP contribution in [0.25, 0.3) is 0 Å². The lowest BCUT2D eigenvalue weighted by atomic mass is 9.81. The highest BCUT2D eigenvalue weighted by atomic mass is 16.2. The second kappa shape index (κ2) is 13.7. The fourth-order valence-electron chi connectivity index (χ4n) is 3.77. The predicted molar refractivity (Wildman–Crippen MR) is 112 cm³/mol. The second-order valence-electron chi connectivity index (χ2n) is 8.22. The van der Waals surface area contributed by atoms with Gasteiger partial charge < -0.3 is 15.5 Å². The van der Waals surface area contributed by atoms with Crippen LogP contribution in [0.4, 0.5) is 4.79 Å². The molecule has 0 spiro atoms. The van der Waals surface area contributed by atoms with Gasteiger partial charge in [-0.1, -0.05) is 13.3 Å². The maximum atomic E-state index is 13.2. The first-order valence-corrected chi connectivity index (χ1v) is 10.8. The van der Waals surface area contributed by atoms with Crippen LogP contribution in [-0.4, -0.2) is 74.8 Å². The molecule has 2 N–H and O–H groups in total. The first-order valence-electron chi connectivity index (χ1n) is 10.8. The zero-order valence-corrected chi connectivity index (χ0v) is 18.3. The molecule has 0 bridgehead atoms. The summed E-state index contributed by atoms with van der Waals surface area (Å²) >= 11 is 0. The van der Waals surface area contributed by atoms with E-state index < -0.39 is 0 Å². The molecular formula is C21H40N4O3. The molecule has 2 unspecified atom stereocenters. The SMILES string of the molecule is CCCCN(C(=O)NCCCN(C)C)C(=O)C(CNC)CC1CCCC(=O)C1. The number of urea groups is 1. The minimum atomic E-state index is -0.293. The Labute approximate surface area is 170 Å². The standard InChI is InChI=1S/C21H40N4O3/c1-5-6-13-25(21(28)23-11-8-12-24(3)4)20(27)18(16-22-2)14-17-9-7-10-19(26)15-17/h17-18,22H,5-16H2,1-4H3,(H,23,28). The van der Waals surface area contributed by atoms with Gasteiger partial charge in [-0.3, -0.25) is 14.5 Å². The van der Waals surface area contributed by atoms with Crippen LogP contribution in [0.15, 0.2) is 0 Å². The summed E-state index contributed by atoms with van der Waals surface area (Å²) in [4.78, 5) is 41.1. The third kappa shape index (κ3) is 9.15. The average molecular weight is 397 g/mol. The second-order valence-corrected chi connectivity index (χ2v) is 8.22. The first-order chi connectivity index (χ1) is 13.4. The van der Waals surface area contributed by atoms with E-state index in [0.29, 0.717) is 44.7 Å². The molecule has 7 heteroatoms. The van der Waals surface area contributed by atoms with Gasteiger partial charge in [0.2, 0.25) is 5.91 Å². The van der Waals surface area contributed by atoms with E-state index in [4.69, 9.17) is 0 Å². The number of carbonyl (C=O) groups is 3. The summed E-state index contributed by atoms with van der Waals surface area (Å²) in [5.74, 6) is 0.157. The van der Waals surface area contributed by atoms with E-state index in [-0.39, 0.29) is 23.8 Å². The number of ketones is 1. The summed E-state index contributed by atoms with van der Waals surface area (Å²) < 4.78 is 0. The third-order valence-corrected chi connectivity index (χ3v) is 5.31. The van der Waals surface area contributed by atoms with Crippen molar-refractivity contribution in [3.63, 3.8) is 0 Å². The molecule has 28 heavy (non-hydrogen) atoms. The molecule has 1 fully saturated rings. The fourth-order valence-corrected chi connectivity index (χ4v) is 3.77. The number of carbonyl (C=O) groups excluding carboxylic acids is 3. The number of nitrogens with one attached hydrogen (secondary N) is 2. The third-order valence-electron chi connectivity index (χ3n) is 5.31. The number of amides is 3. The molecule has 0 heterocycles. The Morgan fingerprint density at radius 1 is 1.21 bits per heavy atom. The van der Waals surface area contributed by atoms with Crippen molar-refractivity contribution in [1.29, 1.82) is 0 Å². The lowest BCUT2D eigenvalue weighted by Crippen LogP contribution is -2.49. The summed E-state index contributed by atoms with van der Waals surface area (Å²) in [6, 6.07) is -0.293. The molecule has 0 saturated heterocycles. The largest absolute Gasteiger partial charge is 0.338 e. The van der Waals surface area contributed by atoms with Crippen molar-refractivity contribution in [2.24, 2.45) is 11.8 Å². The van der Waals surface area contributed by atoms with E-state index in [1.807, 2.05) is 21.1 Å². The highest BCUT2D eigenvalue weighted by Gasteiger charge is 2.31. The quantitative estimate of drug-likeness (QED) is 0.495. The first kappa shape index (κ1) is 24.6. The van der Waals surface area contributed by atoms with Crippen LogP contribution in [0.3, 0.4) is 0 Å². The zero-order valence-electron chi connectivity index (χ0n) is 18.3. The number of hydrogen-bond acceptors (Lipinski definition) is 5. The van der Waals surface area contributed by atoms with Gasteiger partial charge in [0.05, 0.1) is 5.92 Å². The predicted octanol–water partition coefficient (Wildman–Crippen LogP) is 2.26. The van der Waals surface area contributed by atoms with Crippen molar-refractivity contribution in [1.82, 2.24) is 20.4 Å². The molecular weight excluding hydrogens is 356 g/mol. The van der Waals surface area contributed by atoms with Gasteiger partial charge in [-0.2, -0.15) is 0 Å². The Bertz CT molecular complexity index is 496. The van der Waals surface area contributed by atoms with Crippen molar-refractivity contribution in [2.75, 3.05) is 47.3 Å². The summed E-state index contributed by atoms with van der Waals surface area (Å²) in [5, 5.41) is 6.00. The molecule has 162 valence electrons. The smallest absolute Gasteiger partial charge is 0.324 e. The normalized spacial score (nSPS) is 18.2. The zero-order chi connectivity index (χ0) is 20.9. The van der Waals surface area contributed by atoms with Crippen molar-refractivity contribution in [2.45, 2.75) is 58.3 Å². The summed E-state index contributed by atoms with van der Waals surface area (Å²) in [7, 11) is 5.82. The van der Waals surface area contributed by atoms with E-state index in [1.165, 1.54) is 4.90 Å². The van der Waals surface area contributed by atoms with Crippen LogP contribution < -0.4 is 10.6 Å². The summed E-state index contributed by atoms with van der Waals surface area (Å²) in [5.41, 5.74) is 0. The number of imide groups is 1. The van der Waals surface area contributed by atoms with Gasteiger partial charge in [0.1, 0.15) is 5.78 Å². The highest BCUT2D eigenvalue weighted by molar-refractivity contribution is 5.95. The van der Waals surface area contributed by atoms with E-state index >= 15 is 0 Å². The monoisotopic (exact) mass is 396 g/mol. The van der Waals surface area contributed by atoms with Crippen molar-refractivity contribution in [3.8, 4) is 0 Å². The van der Waals surface area contributed by atoms with Crippen LogP contribution in [0.2, 0.25) is 0 Å². The molecule has 2 atom stereocenters. The Balaban J connectivity index is 2.72. The Morgan fingerprint density at radius 3 is 2.57 bits per heavy atom. The van der Waals surface area contributed by atoms with Crippen LogP contribution in [0, 0.1) is 11.8 Å². The highest BCUT2D eigenvalue weighted by Crippen LogP contribution is 2.28. The molecule has 0 aliphatic heterocycles. The number of unbranched alkanes of at least 4 members (excludes halogenated alkanes) is 1. The summed E-state index contributed by atoms with van der Waals surface area (Å²) in [6.45, 7) is 4.47. The minimum absolute atomic E-state index is 0.120. The Hall–Kier alpha value is -1.47. The number of nitrogens with zero attached hydrogens (tertiary/aromatic N) is 2. The van der Waals surface area contributed by atoms with E-state index in [9.17, 15) is 14.4 Å². The molecule has 1 aliphatic carbocycles. The van der Waals surface area contributed by atoms with E-state index in [1.54, 1.807) is 0 Å². The maximum Gasteiger partial charge on any atom is 0.324 e. The van der Waals surface area contributed by atoms with E-state index in [0.717, 1.165) is 38.6 Å². The molecule has 1 saturated carbocycles. The van der Waals surface area contributed by atoms with Gasteiger partial charge in [-0.05, 0) is 65.7 Å². The van der Waals surface area contributed by atoms with Crippen LogP contribution in [-0.2, 0) is 9.59 Å². The van der Waals surface area contributed by atoms with Crippen molar-refractivity contribution in [3.05, 3.63) is 0 Å². The van der Waals surface area contributed by atoms with Gasteiger partial charge in [0.15, 0.2) is 0 Å². The molecule has 0 aromatic carbocycles. The molecule has 0 aromatic heterocycles. The minimum Gasteiger partial charge on any atom is -0.338 e. The van der Waals surface area contributed by atoms with Gasteiger partial charge >= 0.3 is 6.03 Å².